The van der Waals surface area contributed by atoms with Crippen LogP contribution in [0.25, 0.3) is 10.9 Å². The molecule has 4 rings (SSSR count). The normalized spacial score (nSPS) is 11.2. The number of halogens is 2. The lowest BCUT2D eigenvalue weighted by Crippen LogP contribution is -1.96. The molecular formula is C22H17Cl2N3O. The van der Waals surface area contributed by atoms with Crippen LogP contribution in [0.3, 0.4) is 0 Å². The van der Waals surface area contributed by atoms with Gasteiger partial charge in [0.05, 0.1) is 22.3 Å². The number of nitrogens with zero attached hydrogens (tertiary/aromatic N) is 1. The van der Waals surface area contributed by atoms with Crippen LogP contribution in [0.2, 0.25) is 10.0 Å². The lowest BCUT2D eigenvalue weighted by Gasteiger charge is -2.08. The molecule has 0 bridgehead atoms. The van der Waals surface area contributed by atoms with Gasteiger partial charge in [0.1, 0.15) is 12.4 Å². The van der Waals surface area contributed by atoms with Gasteiger partial charge in [-0.15, -0.1) is 0 Å². The molecule has 0 aliphatic heterocycles. The summed E-state index contributed by atoms with van der Waals surface area (Å²) in [6.45, 7) is 0.500. The molecule has 0 spiro atoms. The maximum Gasteiger partial charge on any atom is 0.129 e. The van der Waals surface area contributed by atoms with E-state index in [9.17, 15) is 0 Å². The minimum Gasteiger partial charge on any atom is -0.488 e. The molecule has 4 nitrogen and oxygen atoms in total. The van der Waals surface area contributed by atoms with Crippen molar-refractivity contribution < 1.29 is 4.74 Å². The smallest absolute Gasteiger partial charge is 0.129 e. The number of H-pyrrole nitrogens is 1. The third kappa shape index (κ3) is 4.14. The first-order valence-electron chi connectivity index (χ1n) is 8.71. The van der Waals surface area contributed by atoms with E-state index >= 15 is 0 Å². The van der Waals surface area contributed by atoms with Gasteiger partial charge in [-0.25, -0.2) is 0 Å². The number of fused-ring (bicyclic) bond motifs is 1. The SMILES string of the molecule is Clc1ccc(NN=Cc2c[nH]c3cccc(OCc4ccccc4)c23)c(Cl)c1. The number of hydrogen-bond acceptors (Lipinski definition) is 3. The van der Waals surface area contributed by atoms with Crippen LogP contribution >= 0.6 is 23.2 Å². The molecule has 28 heavy (non-hydrogen) atoms. The maximum atomic E-state index is 6.16. The van der Waals surface area contributed by atoms with Crippen molar-refractivity contribution in [3.8, 4) is 5.75 Å². The first kappa shape index (κ1) is 18.4. The first-order valence-corrected chi connectivity index (χ1v) is 9.47. The van der Waals surface area contributed by atoms with Gasteiger partial charge < -0.3 is 9.72 Å². The molecule has 0 fully saturated rings. The highest BCUT2D eigenvalue weighted by atomic mass is 35.5. The molecule has 0 saturated heterocycles. The average Bonchev–Trinajstić information content (AvgIpc) is 3.13. The largest absolute Gasteiger partial charge is 0.488 e. The molecule has 0 radical (unpaired) electrons. The monoisotopic (exact) mass is 409 g/mol. The number of rotatable bonds is 6. The Kier molecular flexibility index (Phi) is 5.51. The number of hydrogen-bond donors (Lipinski definition) is 2. The highest BCUT2D eigenvalue weighted by Crippen LogP contribution is 2.29. The predicted molar refractivity (Wildman–Crippen MR) is 117 cm³/mol. The molecule has 0 aliphatic rings. The zero-order valence-electron chi connectivity index (χ0n) is 14.8. The predicted octanol–water partition coefficient (Wildman–Crippen LogP) is 6.50. The third-order valence-electron chi connectivity index (χ3n) is 4.26. The van der Waals surface area contributed by atoms with Crippen molar-refractivity contribution >= 4 is 46.0 Å². The van der Waals surface area contributed by atoms with Crippen molar-refractivity contribution in [3.63, 3.8) is 0 Å². The summed E-state index contributed by atoms with van der Waals surface area (Å²) in [5.41, 5.74) is 6.64. The second-order valence-electron chi connectivity index (χ2n) is 6.19. The Balaban J connectivity index is 1.55. The van der Waals surface area contributed by atoms with Gasteiger partial charge in [0.15, 0.2) is 0 Å². The Bertz CT molecular complexity index is 1120. The minimum atomic E-state index is 0.500. The van der Waals surface area contributed by atoms with Crippen LogP contribution in [0.4, 0.5) is 5.69 Å². The molecular weight excluding hydrogens is 393 g/mol. The van der Waals surface area contributed by atoms with Crippen molar-refractivity contribution in [1.29, 1.82) is 0 Å². The van der Waals surface area contributed by atoms with Crippen LogP contribution < -0.4 is 10.2 Å². The topological polar surface area (TPSA) is 49.4 Å². The van der Waals surface area contributed by atoms with Crippen LogP contribution in [0.15, 0.2) is 78.0 Å². The summed E-state index contributed by atoms with van der Waals surface area (Å²) in [5, 5.41) is 6.37. The number of aromatic nitrogens is 1. The number of aromatic amines is 1. The molecule has 1 aromatic heterocycles. The fourth-order valence-electron chi connectivity index (χ4n) is 2.89. The van der Waals surface area contributed by atoms with E-state index in [4.69, 9.17) is 27.9 Å². The Morgan fingerprint density at radius 1 is 1.00 bits per heavy atom. The summed E-state index contributed by atoms with van der Waals surface area (Å²) >= 11 is 12.1. The van der Waals surface area contributed by atoms with E-state index in [2.05, 4.69) is 15.5 Å². The van der Waals surface area contributed by atoms with Crippen LogP contribution in [0.1, 0.15) is 11.1 Å². The summed E-state index contributed by atoms with van der Waals surface area (Å²) in [6, 6.07) is 21.2. The molecule has 4 aromatic rings. The minimum absolute atomic E-state index is 0.500. The van der Waals surface area contributed by atoms with Gasteiger partial charge in [-0.3, -0.25) is 5.43 Å². The maximum absolute atomic E-state index is 6.16. The first-order chi connectivity index (χ1) is 13.7. The van der Waals surface area contributed by atoms with Crippen molar-refractivity contribution in [1.82, 2.24) is 4.98 Å². The molecule has 6 heteroatoms. The lowest BCUT2D eigenvalue weighted by atomic mass is 10.1. The summed E-state index contributed by atoms with van der Waals surface area (Å²) in [6.07, 6.45) is 3.63. The van der Waals surface area contributed by atoms with E-state index in [1.165, 1.54) is 0 Å². The molecule has 2 N–H and O–H groups in total. The molecule has 0 amide bonds. The quantitative estimate of drug-likeness (QED) is 0.282. The Morgan fingerprint density at radius 3 is 2.68 bits per heavy atom. The average molecular weight is 410 g/mol. The van der Waals surface area contributed by atoms with Gasteiger partial charge in [0, 0.05) is 22.3 Å². The van der Waals surface area contributed by atoms with Crippen molar-refractivity contribution in [3.05, 3.63) is 94.1 Å². The molecule has 1 heterocycles. The van der Waals surface area contributed by atoms with Crippen molar-refractivity contribution in [2.45, 2.75) is 6.61 Å². The number of ether oxygens (including phenoxy) is 1. The number of hydrazone groups is 1. The van der Waals surface area contributed by atoms with E-state index < -0.39 is 0 Å². The number of anilines is 1. The fourth-order valence-corrected chi connectivity index (χ4v) is 3.34. The fraction of sp³-hybridized carbons (Fsp3) is 0.0455. The Labute approximate surface area is 172 Å². The second kappa shape index (κ2) is 8.38. The number of nitrogens with one attached hydrogen (secondary N) is 2. The van der Waals surface area contributed by atoms with Crippen LogP contribution in [-0.2, 0) is 6.61 Å². The summed E-state index contributed by atoms with van der Waals surface area (Å²) in [4.78, 5) is 3.25. The van der Waals surface area contributed by atoms with E-state index in [0.29, 0.717) is 22.3 Å². The second-order valence-corrected chi connectivity index (χ2v) is 7.03. The molecule has 0 atom stereocenters. The highest BCUT2D eigenvalue weighted by Gasteiger charge is 2.09. The summed E-state index contributed by atoms with van der Waals surface area (Å²) < 4.78 is 6.06. The van der Waals surface area contributed by atoms with Gasteiger partial charge in [0.2, 0.25) is 0 Å². The highest BCUT2D eigenvalue weighted by molar-refractivity contribution is 6.36. The van der Waals surface area contributed by atoms with E-state index in [1.54, 1.807) is 24.4 Å². The van der Waals surface area contributed by atoms with E-state index in [-0.39, 0.29) is 0 Å². The molecule has 0 saturated carbocycles. The van der Waals surface area contributed by atoms with Gasteiger partial charge in [-0.2, -0.15) is 5.10 Å². The summed E-state index contributed by atoms with van der Waals surface area (Å²) in [5.74, 6) is 0.800. The summed E-state index contributed by atoms with van der Waals surface area (Å²) in [7, 11) is 0. The van der Waals surface area contributed by atoms with Crippen molar-refractivity contribution in [2.75, 3.05) is 5.43 Å². The number of benzene rings is 3. The lowest BCUT2D eigenvalue weighted by molar-refractivity contribution is 0.310. The zero-order chi connectivity index (χ0) is 19.3. The molecule has 0 aliphatic carbocycles. The van der Waals surface area contributed by atoms with Gasteiger partial charge in [0.25, 0.3) is 0 Å². The van der Waals surface area contributed by atoms with Gasteiger partial charge in [-0.1, -0.05) is 59.6 Å². The molecule has 3 aromatic carbocycles. The van der Waals surface area contributed by atoms with Crippen LogP contribution in [0, 0.1) is 0 Å². The van der Waals surface area contributed by atoms with E-state index in [0.717, 1.165) is 27.8 Å². The molecule has 0 unspecified atom stereocenters. The molecule has 140 valence electrons. The van der Waals surface area contributed by atoms with Crippen LogP contribution in [0.5, 0.6) is 5.75 Å². The third-order valence-corrected chi connectivity index (χ3v) is 4.80. The van der Waals surface area contributed by atoms with E-state index in [1.807, 2.05) is 54.7 Å². The zero-order valence-corrected chi connectivity index (χ0v) is 16.3. The van der Waals surface area contributed by atoms with Gasteiger partial charge >= 0.3 is 0 Å². The van der Waals surface area contributed by atoms with Gasteiger partial charge in [-0.05, 0) is 35.9 Å². The van der Waals surface area contributed by atoms with Crippen LogP contribution in [-0.4, -0.2) is 11.2 Å². The Hall–Kier alpha value is -2.95. The van der Waals surface area contributed by atoms with Crippen molar-refractivity contribution in [2.24, 2.45) is 5.10 Å². The standard InChI is InChI=1S/C22H17Cl2N3O/c23-17-9-10-19(18(24)11-17)27-26-13-16-12-25-20-7-4-8-21(22(16)20)28-14-15-5-2-1-3-6-15/h1-13,25,27H,14H2. The Morgan fingerprint density at radius 2 is 1.86 bits per heavy atom.